The maximum Gasteiger partial charge on any atom is 0.0964 e. The molecule has 1 N–H and O–H groups in total. The predicted octanol–water partition coefficient (Wildman–Crippen LogP) is 0.474. The molecule has 1 atom stereocenters. The van der Waals surface area contributed by atoms with Crippen LogP contribution < -0.4 is 5.32 Å². The van der Waals surface area contributed by atoms with Crippen molar-refractivity contribution in [2.75, 3.05) is 13.2 Å². The molecule has 0 bridgehead atoms. The Hall–Kier alpha value is -0.940. The minimum atomic E-state index is 0.0161. The van der Waals surface area contributed by atoms with Gasteiger partial charge in [-0.2, -0.15) is 0 Å². The molecule has 1 unspecified atom stereocenters. The predicted molar refractivity (Wildman–Crippen MR) is 56.3 cm³/mol. The van der Waals surface area contributed by atoms with E-state index in [1.807, 2.05) is 13.2 Å². The summed E-state index contributed by atoms with van der Waals surface area (Å²) in [7, 11) is 1.87. The molecule has 15 heavy (non-hydrogen) atoms. The highest BCUT2D eigenvalue weighted by Crippen LogP contribution is 2.23. The summed E-state index contributed by atoms with van der Waals surface area (Å²) < 4.78 is 7.39. The maximum absolute atomic E-state index is 5.68. The van der Waals surface area contributed by atoms with Crippen LogP contribution >= 0.6 is 0 Å². The van der Waals surface area contributed by atoms with Gasteiger partial charge in [0.2, 0.25) is 0 Å². The molecule has 2 heterocycles. The van der Waals surface area contributed by atoms with Crippen molar-refractivity contribution >= 4 is 0 Å². The van der Waals surface area contributed by atoms with Crippen LogP contribution in [-0.4, -0.2) is 33.7 Å². The average Bonchev–Trinajstić information content (AvgIpc) is 2.76. The van der Waals surface area contributed by atoms with E-state index in [1.54, 1.807) is 4.68 Å². The standard InChI is InChI=1S/C10H18N4O/c1-10(4-3-5-15-10)8-11-6-9-7-14(2)13-12-9/h7,11H,3-6,8H2,1-2H3. The molecule has 1 saturated heterocycles. The van der Waals surface area contributed by atoms with Gasteiger partial charge >= 0.3 is 0 Å². The largest absolute Gasteiger partial charge is 0.374 e. The van der Waals surface area contributed by atoms with Gasteiger partial charge in [-0.3, -0.25) is 4.68 Å². The SMILES string of the molecule is Cn1cc(CNCC2(C)CCCO2)nn1. The first-order chi connectivity index (χ1) is 7.18. The van der Waals surface area contributed by atoms with E-state index in [0.717, 1.165) is 31.8 Å². The van der Waals surface area contributed by atoms with Crippen molar-refractivity contribution < 1.29 is 4.74 Å². The van der Waals surface area contributed by atoms with E-state index >= 15 is 0 Å². The molecule has 5 heteroatoms. The molecule has 0 saturated carbocycles. The first-order valence-electron chi connectivity index (χ1n) is 5.38. The summed E-state index contributed by atoms with van der Waals surface area (Å²) in [5.74, 6) is 0. The Morgan fingerprint density at radius 1 is 1.67 bits per heavy atom. The normalized spacial score (nSPS) is 26.0. The van der Waals surface area contributed by atoms with Gasteiger partial charge in [-0.1, -0.05) is 5.21 Å². The van der Waals surface area contributed by atoms with Gasteiger partial charge in [0.1, 0.15) is 0 Å². The molecule has 1 aliphatic heterocycles. The number of aryl methyl sites for hydroxylation is 1. The van der Waals surface area contributed by atoms with Crippen molar-refractivity contribution in [3.63, 3.8) is 0 Å². The van der Waals surface area contributed by atoms with E-state index in [2.05, 4.69) is 22.6 Å². The molecule has 0 amide bonds. The third-order valence-corrected chi connectivity index (χ3v) is 2.76. The average molecular weight is 210 g/mol. The van der Waals surface area contributed by atoms with Gasteiger partial charge in [0.15, 0.2) is 0 Å². The fourth-order valence-corrected chi connectivity index (χ4v) is 1.91. The smallest absolute Gasteiger partial charge is 0.0964 e. The monoisotopic (exact) mass is 210 g/mol. The first-order valence-corrected chi connectivity index (χ1v) is 5.38. The molecule has 5 nitrogen and oxygen atoms in total. The van der Waals surface area contributed by atoms with Crippen molar-refractivity contribution in [2.45, 2.75) is 31.9 Å². The Kier molecular flexibility index (Phi) is 3.02. The van der Waals surface area contributed by atoms with Crippen LogP contribution in [0.2, 0.25) is 0 Å². The zero-order valence-electron chi connectivity index (χ0n) is 9.36. The lowest BCUT2D eigenvalue weighted by atomic mass is 10.0. The van der Waals surface area contributed by atoms with Gasteiger partial charge in [-0.05, 0) is 19.8 Å². The molecular formula is C10H18N4O. The molecule has 84 valence electrons. The van der Waals surface area contributed by atoms with Crippen molar-refractivity contribution in [1.82, 2.24) is 20.3 Å². The highest BCUT2D eigenvalue weighted by Gasteiger charge is 2.28. The highest BCUT2D eigenvalue weighted by atomic mass is 16.5. The molecular weight excluding hydrogens is 192 g/mol. The molecule has 0 spiro atoms. The molecule has 1 fully saturated rings. The van der Waals surface area contributed by atoms with Crippen LogP contribution in [0.25, 0.3) is 0 Å². The Balaban J connectivity index is 1.75. The molecule has 1 aliphatic rings. The summed E-state index contributed by atoms with van der Waals surface area (Å²) in [4.78, 5) is 0. The molecule has 0 radical (unpaired) electrons. The van der Waals surface area contributed by atoms with Crippen LogP contribution in [0.4, 0.5) is 0 Å². The van der Waals surface area contributed by atoms with Crippen molar-refractivity contribution in [2.24, 2.45) is 7.05 Å². The van der Waals surface area contributed by atoms with Gasteiger partial charge in [-0.15, -0.1) is 5.10 Å². The third kappa shape index (κ3) is 2.76. The molecule has 1 aromatic rings. The zero-order valence-corrected chi connectivity index (χ0v) is 9.36. The van der Waals surface area contributed by atoms with E-state index in [4.69, 9.17) is 4.74 Å². The van der Waals surface area contributed by atoms with E-state index in [-0.39, 0.29) is 5.60 Å². The van der Waals surface area contributed by atoms with Gasteiger partial charge in [0.05, 0.1) is 11.3 Å². The van der Waals surface area contributed by atoms with Gasteiger partial charge < -0.3 is 10.1 Å². The zero-order chi connectivity index (χ0) is 10.7. The van der Waals surface area contributed by atoms with Crippen LogP contribution in [0.5, 0.6) is 0 Å². The third-order valence-electron chi connectivity index (χ3n) is 2.76. The molecule has 0 aromatic carbocycles. The van der Waals surface area contributed by atoms with E-state index in [0.29, 0.717) is 0 Å². The number of hydrogen-bond donors (Lipinski definition) is 1. The van der Waals surface area contributed by atoms with Gasteiger partial charge in [0.25, 0.3) is 0 Å². The lowest BCUT2D eigenvalue weighted by Gasteiger charge is -2.23. The molecule has 1 aromatic heterocycles. The van der Waals surface area contributed by atoms with Crippen LogP contribution in [0, 0.1) is 0 Å². The Morgan fingerprint density at radius 3 is 3.13 bits per heavy atom. The number of aromatic nitrogens is 3. The first kappa shape index (κ1) is 10.6. The molecule has 0 aliphatic carbocycles. The second kappa shape index (κ2) is 4.28. The second-order valence-electron chi connectivity index (χ2n) is 4.39. The summed E-state index contributed by atoms with van der Waals surface area (Å²) in [5, 5.41) is 11.2. The van der Waals surface area contributed by atoms with E-state index in [9.17, 15) is 0 Å². The molecule has 2 rings (SSSR count). The summed E-state index contributed by atoms with van der Waals surface area (Å²) in [6.45, 7) is 4.68. The second-order valence-corrected chi connectivity index (χ2v) is 4.39. The van der Waals surface area contributed by atoms with Gasteiger partial charge in [0, 0.05) is 32.9 Å². The Morgan fingerprint density at radius 2 is 2.53 bits per heavy atom. The minimum absolute atomic E-state index is 0.0161. The maximum atomic E-state index is 5.68. The number of hydrogen-bond acceptors (Lipinski definition) is 4. The fraction of sp³-hybridized carbons (Fsp3) is 0.800. The van der Waals surface area contributed by atoms with Crippen molar-refractivity contribution in [3.8, 4) is 0 Å². The fourth-order valence-electron chi connectivity index (χ4n) is 1.91. The van der Waals surface area contributed by atoms with Crippen LogP contribution in [0.15, 0.2) is 6.20 Å². The lowest BCUT2D eigenvalue weighted by Crippen LogP contribution is -2.36. The Bertz CT molecular complexity index is 317. The number of nitrogens with zero attached hydrogens (tertiary/aromatic N) is 3. The number of rotatable bonds is 4. The van der Waals surface area contributed by atoms with Crippen LogP contribution in [-0.2, 0) is 18.3 Å². The summed E-state index contributed by atoms with van der Waals surface area (Å²) in [6.07, 6.45) is 4.23. The van der Waals surface area contributed by atoms with Gasteiger partial charge in [-0.25, -0.2) is 0 Å². The summed E-state index contributed by atoms with van der Waals surface area (Å²) in [5.41, 5.74) is 0.987. The van der Waals surface area contributed by atoms with Crippen LogP contribution in [0.1, 0.15) is 25.5 Å². The number of nitrogens with one attached hydrogen (secondary N) is 1. The highest BCUT2D eigenvalue weighted by molar-refractivity contribution is 4.92. The summed E-state index contributed by atoms with van der Waals surface area (Å²) >= 11 is 0. The Labute approximate surface area is 89.8 Å². The number of ether oxygens (including phenoxy) is 1. The van der Waals surface area contributed by atoms with Crippen molar-refractivity contribution in [3.05, 3.63) is 11.9 Å². The van der Waals surface area contributed by atoms with Crippen molar-refractivity contribution in [1.29, 1.82) is 0 Å². The lowest BCUT2D eigenvalue weighted by molar-refractivity contribution is 0.0206. The minimum Gasteiger partial charge on any atom is -0.374 e. The summed E-state index contributed by atoms with van der Waals surface area (Å²) in [6, 6.07) is 0. The van der Waals surface area contributed by atoms with E-state index in [1.165, 1.54) is 6.42 Å². The topological polar surface area (TPSA) is 52.0 Å². The quantitative estimate of drug-likeness (QED) is 0.785. The van der Waals surface area contributed by atoms with E-state index < -0.39 is 0 Å². The van der Waals surface area contributed by atoms with Crippen LogP contribution in [0.3, 0.4) is 0 Å².